The normalized spacial score (nSPS) is 11.6. The van der Waals surface area contributed by atoms with Crippen molar-refractivity contribution in [2.24, 2.45) is 0 Å². The van der Waals surface area contributed by atoms with Crippen molar-refractivity contribution in [2.75, 3.05) is 11.9 Å². The Hall–Kier alpha value is -3.67. The molecular weight excluding hydrogens is 466 g/mol. The van der Waals surface area contributed by atoms with Crippen LogP contribution >= 0.6 is 0 Å². The third kappa shape index (κ3) is 6.65. The Bertz CT molecular complexity index is 1240. The SMILES string of the molecule is O=C(NCc1cccnc1)Nc1ccccc1S(=O)(=O)c1cc(F)cc(OCC(F)(F)F)c1. The standard InChI is InChI=1S/C21H17F4N3O4S/c22-15-8-16(32-13-21(23,24)25)10-17(9-15)33(30,31)19-6-2-1-5-18(19)28-20(29)27-12-14-4-3-7-26-11-14/h1-11H,12-13H2,(H2,27,28,29). The van der Waals surface area contributed by atoms with E-state index < -0.39 is 45.1 Å². The second-order valence-electron chi connectivity index (χ2n) is 6.70. The number of benzene rings is 2. The molecule has 1 aromatic heterocycles. The van der Waals surface area contributed by atoms with Crippen molar-refractivity contribution in [1.82, 2.24) is 10.3 Å². The summed E-state index contributed by atoms with van der Waals surface area (Å²) in [6.45, 7) is -1.59. The molecule has 0 bridgehead atoms. The minimum Gasteiger partial charge on any atom is -0.484 e. The summed E-state index contributed by atoms with van der Waals surface area (Å²) in [4.78, 5) is 15.2. The number of pyridine rings is 1. The number of nitrogens with one attached hydrogen (secondary N) is 2. The van der Waals surface area contributed by atoms with Crippen LogP contribution in [-0.2, 0) is 16.4 Å². The van der Waals surface area contributed by atoms with E-state index in [0.29, 0.717) is 17.7 Å². The van der Waals surface area contributed by atoms with Gasteiger partial charge in [0.1, 0.15) is 11.6 Å². The Morgan fingerprint density at radius 2 is 1.82 bits per heavy atom. The van der Waals surface area contributed by atoms with Crippen molar-refractivity contribution < 1.29 is 35.5 Å². The molecule has 3 rings (SSSR count). The summed E-state index contributed by atoms with van der Waals surface area (Å²) in [7, 11) is -4.43. The van der Waals surface area contributed by atoms with Gasteiger partial charge in [-0.15, -0.1) is 0 Å². The Kier molecular flexibility index (Phi) is 7.16. The molecule has 33 heavy (non-hydrogen) atoms. The highest BCUT2D eigenvalue weighted by molar-refractivity contribution is 7.91. The van der Waals surface area contributed by atoms with Crippen LogP contribution in [0.15, 0.2) is 76.8 Å². The molecule has 0 aliphatic rings. The lowest BCUT2D eigenvalue weighted by Gasteiger charge is -2.14. The number of alkyl halides is 3. The molecule has 174 valence electrons. The first-order valence-electron chi connectivity index (χ1n) is 9.32. The van der Waals surface area contributed by atoms with Gasteiger partial charge in [-0.2, -0.15) is 13.2 Å². The van der Waals surface area contributed by atoms with Crippen molar-refractivity contribution in [3.63, 3.8) is 0 Å². The van der Waals surface area contributed by atoms with Gasteiger partial charge in [-0.25, -0.2) is 17.6 Å². The van der Waals surface area contributed by atoms with E-state index in [4.69, 9.17) is 0 Å². The number of para-hydroxylation sites is 1. The zero-order valence-corrected chi connectivity index (χ0v) is 17.6. The molecule has 0 aliphatic carbocycles. The molecule has 1 heterocycles. The first kappa shape index (κ1) is 24.0. The maximum Gasteiger partial charge on any atom is 0.422 e. The quantitative estimate of drug-likeness (QED) is 0.488. The molecule has 12 heteroatoms. The van der Waals surface area contributed by atoms with Crippen molar-refractivity contribution in [3.05, 3.63) is 78.4 Å². The van der Waals surface area contributed by atoms with Crippen molar-refractivity contribution in [1.29, 1.82) is 0 Å². The number of urea groups is 1. The summed E-state index contributed by atoms with van der Waals surface area (Å²) in [5.74, 6) is -1.71. The largest absolute Gasteiger partial charge is 0.484 e. The number of ether oxygens (including phenoxy) is 1. The number of hydrogen-bond donors (Lipinski definition) is 2. The lowest BCUT2D eigenvalue weighted by molar-refractivity contribution is -0.153. The number of amides is 2. The van der Waals surface area contributed by atoms with Crippen LogP contribution in [0.4, 0.5) is 28.0 Å². The molecule has 0 fully saturated rings. The molecule has 0 radical (unpaired) electrons. The van der Waals surface area contributed by atoms with Gasteiger partial charge in [0, 0.05) is 25.0 Å². The Labute approximate surface area is 186 Å². The minimum absolute atomic E-state index is 0.108. The van der Waals surface area contributed by atoms with Crippen LogP contribution in [0.25, 0.3) is 0 Å². The van der Waals surface area contributed by atoms with E-state index in [1.54, 1.807) is 24.5 Å². The third-order valence-corrected chi connectivity index (χ3v) is 5.95. The molecule has 0 aliphatic heterocycles. The molecule has 0 unspecified atom stereocenters. The van der Waals surface area contributed by atoms with Gasteiger partial charge < -0.3 is 15.4 Å². The monoisotopic (exact) mass is 483 g/mol. The highest BCUT2D eigenvalue weighted by Crippen LogP contribution is 2.31. The fourth-order valence-electron chi connectivity index (χ4n) is 2.72. The summed E-state index contributed by atoms with van der Waals surface area (Å²) in [6.07, 6.45) is -1.58. The fraction of sp³-hybridized carbons (Fsp3) is 0.143. The molecule has 2 aromatic carbocycles. The van der Waals surface area contributed by atoms with Crippen LogP contribution in [0.3, 0.4) is 0 Å². The maximum absolute atomic E-state index is 14.0. The number of rotatable bonds is 7. The molecule has 0 atom stereocenters. The van der Waals surface area contributed by atoms with Crippen LogP contribution in [0.2, 0.25) is 0 Å². The van der Waals surface area contributed by atoms with Crippen LogP contribution in [-0.4, -0.2) is 32.2 Å². The van der Waals surface area contributed by atoms with Gasteiger partial charge in [-0.3, -0.25) is 4.98 Å². The van der Waals surface area contributed by atoms with Gasteiger partial charge in [0.15, 0.2) is 6.61 Å². The Morgan fingerprint density at radius 1 is 1.06 bits per heavy atom. The van der Waals surface area contributed by atoms with E-state index in [9.17, 15) is 30.8 Å². The summed E-state index contributed by atoms with van der Waals surface area (Å²) < 4.78 is 81.8. The van der Waals surface area contributed by atoms with E-state index in [2.05, 4.69) is 20.4 Å². The van der Waals surface area contributed by atoms with Gasteiger partial charge >= 0.3 is 12.2 Å². The molecule has 3 aromatic rings. The number of sulfone groups is 1. The molecule has 2 N–H and O–H groups in total. The Morgan fingerprint density at radius 3 is 2.52 bits per heavy atom. The number of carbonyl (C=O) groups excluding carboxylic acids is 1. The second-order valence-corrected chi connectivity index (χ2v) is 8.61. The highest BCUT2D eigenvalue weighted by atomic mass is 32.2. The summed E-state index contributed by atoms with van der Waals surface area (Å²) in [5, 5.41) is 4.95. The van der Waals surface area contributed by atoms with E-state index >= 15 is 0 Å². The number of nitrogens with zero attached hydrogens (tertiary/aromatic N) is 1. The van der Waals surface area contributed by atoms with Crippen LogP contribution in [0, 0.1) is 5.82 Å². The lowest BCUT2D eigenvalue weighted by atomic mass is 10.3. The lowest BCUT2D eigenvalue weighted by Crippen LogP contribution is -2.28. The van der Waals surface area contributed by atoms with Crippen molar-refractivity contribution >= 4 is 21.6 Å². The van der Waals surface area contributed by atoms with Crippen LogP contribution < -0.4 is 15.4 Å². The molecule has 0 spiro atoms. The first-order chi connectivity index (χ1) is 15.5. The number of halogens is 4. The zero-order valence-electron chi connectivity index (χ0n) is 16.8. The van der Waals surface area contributed by atoms with Crippen LogP contribution in [0.1, 0.15) is 5.56 Å². The van der Waals surface area contributed by atoms with E-state index in [1.165, 1.54) is 24.3 Å². The average molecular weight is 483 g/mol. The van der Waals surface area contributed by atoms with Gasteiger partial charge in [0.05, 0.1) is 15.5 Å². The zero-order chi connectivity index (χ0) is 24.1. The van der Waals surface area contributed by atoms with Gasteiger partial charge in [0.25, 0.3) is 0 Å². The number of hydrogen-bond acceptors (Lipinski definition) is 5. The van der Waals surface area contributed by atoms with Crippen molar-refractivity contribution in [3.8, 4) is 5.75 Å². The predicted molar refractivity (Wildman–Crippen MR) is 110 cm³/mol. The molecule has 0 saturated carbocycles. The summed E-state index contributed by atoms with van der Waals surface area (Å²) in [6, 6.07) is 10.1. The van der Waals surface area contributed by atoms with E-state index in [0.717, 1.165) is 6.07 Å². The van der Waals surface area contributed by atoms with E-state index in [1.807, 2.05) is 0 Å². The van der Waals surface area contributed by atoms with Gasteiger partial charge in [-0.1, -0.05) is 18.2 Å². The second kappa shape index (κ2) is 9.86. The molecule has 2 amide bonds. The summed E-state index contributed by atoms with van der Waals surface area (Å²) >= 11 is 0. The first-order valence-corrected chi connectivity index (χ1v) is 10.8. The summed E-state index contributed by atoms with van der Waals surface area (Å²) in [5.41, 5.74) is 0.600. The highest BCUT2D eigenvalue weighted by Gasteiger charge is 2.29. The van der Waals surface area contributed by atoms with Gasteiger partial charge in [-0.05, 0) is 35.9 Å². The molecular formula is C21H17F4N3O4S. The number of carbonyl (C=O) groups is 1. The topological polar surface area (TPSA) is 97.4 Å². The van der Waals surface area contributed by atoms with Crippen molar-refractivity contribution in [2.45, 2.75) is 22.5 Å². The number of aromatic nitrogens is 1. The van der Waals surface area contributed by atoms with Crippen LogP contribution in [0.5, 0.6) is 5.75 Å². The predicted octanol–water partition coefficient (Wildman–Crippen LogP) is 4.32. The fourth-order valence-corrected chi connectivity index (χ4v) is 4.18. The average Bonchev–Trinajstić information content (AvgIpc) is 2.76. The smallest absolute Gasteiger partial charge is 0.422 e. The minimum atomic E-state index is -4.69. The number of anilines is 1. The molecule has 0 saturated heterocycles. The molecule has 7 nitrogen and oxygen atoms in total. The van der Waals surface area contributed by atoms with Gasteiger partial charge in [0.2, 0.25) is 9.84 Å². The third-order valence-electron chi connectivity index (χ3n) is 4.16. The Balaban J connectivity index is 1.83. The maximum atomic E-state index is 14.0. The van der Waals surface area contributed by atoms with E-state index in [-0.39, 0.29) is 17.1 Å².